The number of carbonyl (C=O) groups is 1. The molecule has 0 aliphatic carbocycles. The van der Waals surface area contributed by atoms with E-state index in [1.807, 2.05) is 0 Å². The summed E-state index contributed by atoms with van der Waals surface area (Å²) in [6.45, 7) is 5.01. The fourth-order valence-corrected chi connectivity index (χ4v) is 2.29. The van der Waals surface area contributed by atoms with Crippen molar-refractivity contribution < 1.29 is 27.8 Å². The molecule has 0 unspecified atom stereocenters. The van der Waals surface area contributed by atoms with Crippen molar-refractivity contribution in [1.29, 1.82) is 0 Å². The second-order valence-electron chi connectivity index (χ2n) is 6.88. The molecule has 0 saturated carbocycles. The zero-order valence-electron chi connectivity index (χ0n) is 15.2. The molecular formula is C18H20F3N3O3. The highest BCUT2D eigenvalue weighted by atomic mass is 19.4. The van der Waals surface area contributed by atoms with Gasteiger partial charge in [-0.3, -0.25) is 9.78 Å². The van der Waals surface area contributed by atoms with Crippen molar-refractivity contribution in [2.24, 2.45) is 0 Å². The minimum atomic E-state index is -4.62. The molecule has 146 valence electrons. The Bertz CT molecular complexity index is 800. The lowest BCUT2D eigenvalue weighted by Crippen LogP contribution is -2.24. The third-order valence-electron chi connectivity index (χ3n) is 3.47. The Morgan fingerprint density at radius 3 is 2.22 bits per heavy atom. The van der Waals surface area contributed by atoms with Crippen molar-refractivity contribution >= 4 is 5.97 Å². The topological polar surface area (TPSA) is 85.2 Å². The Morgan fingerprint density at radius 1 is 1.07 bits per heavy atom. The van der Waals surface area contributed by atoms with Crippen LogP contribution in [0.25, 0.3) is 11.3 Å². The van der Waals surface area contributed by atoms with E-state index in [9.17, 15) is 23.1 Å². The minimum absolute atomic E-state index is 0.0945. The number of hydrogen-bond donors (Lipinski definition) is 1. The van der Waals surface area contributed by atoms with Crippen LogP contribution < -0.4 is 0 Å². The molecule has 2 aromatic rings. The van der Waals surface area contributed by atoms with Crippen molar-refractivity contribution in [3.05, 3.63) is 41.6 Å². The predicted octanol–water partition coefficient (Wildman–Crippen LogP) is 3.32. The number of nitrogens with zero attached hydrogens (tertiary/aromatic N) is 3. The molecule has 0 atom stereocenters. The summed E-state index contributed by atoms with van der Waals surface area (Å²) < 4.78 is 42.9. The zero-order chi connectivity index (χ0) is 20.2. The summed E-state index contributed by atoms with van der Waals surface area (Å²) in [5.74, 6) is -1.62. The number of pyridine rings is 1. The van der Waals surface area contributed by atoms with Crippen LogP contribution in [0, 0.1) is 0 Å². The average molecular weight is 383 g/mol. The van der Waals surface area contributed by atoms with Crippen molar-refractivity contribution in [2.75, 3.05) is 0 Å². The number of aliphatic hydroxyl groups is 1. The maximum atomic E-state index is 12.6. The predicted molar refractivity (Wildman–Crippen MR) is 90.4 cm³/mol. The van der Waals surface area contributed by atoms with Gasteiger partial charge in [-0.15, -0.1) is 0 Å². The quantitative estimate of drug-likeness (QED) is 0.798. The van der Waals surface area contributed by atoms with Crippen LogP contribution in [0.3, 0.4) is 0 Å². The second-order valence-corrected chi connectivity index (χ2v) is 6.88. The minimum Gasteiger partial charge on any atom is -0.460 e. The van der Waals surface area contributed by atoms with E-state index in [0.29, 0.717) is 28.8 Å². The number of carbonyl (C=O) groups excluding carboxylic acids is 1. The number of alkyl halides is 3. The molecule has 0 aliphatic heterocycles. The van der Waals surface area contributed by atoms with Crippen LogP contribution in [0.15, 0.2) is 24.7 Å². The number of aryl methyl sites for hydroxylation is 1. The van der Waals surface area contributed by atoms with Gasteiger partial charge in [-0.1, -0.05) is 0 Å². The normalized spacial score (nSPS) is 12.1. The molecule has 0 spiro atoms. The number of aromatic nitrogens is 3. The molecule has 27 heavy (non-hydrogen) atoms. The first kappa shape index (κ1) is 20.8. The van der Waals surface area contributed by atoms with Gasteiger partial charge in [0.05, 0.1) is 12.3 Å². The third-order valence-corrected chi connectivity index (χ3v) is 3.47. The van der Waals surface area contributed by atoms with Crippen LogP contribution in [0.5, 0.6) is 0 Å². The molecule has 2 heterocycles. The van der Waals surface area contributed by atoms with Crippen LogP contribution in [0.2, 0.25) is 0 Å². The van der Waals surface area contributed by atoms with E-state index < -0.39 is 17.6 Å². The van der Waals surface area contributed by atoms with Crippen LogP contribution in [-0.4, -0.2) is 31.6 Å². The lowest BCUT2D eigenvalue weighted by Gasteiger charge is -2.19. The van der Waals surface area contributed by atoms with Crippen molar-refractivity contribution in [3.63, 3.8) is 0 Å². The van der Waals surface area contributed by atoms with Crippen molar-refractivity contribution in [2.45, 2.75) is 52.0 Å². The number of halogens is 3. The fraction of sp³-hybridized carbons (Fsp3) is 0.444. The fourth-order valence-electron chi connectivity index (χ4n) is 2.29. The van der Waals surface area contributed by atoms with Gasteiger partial charge in [-0.05, 0) is 44.4 Å². The van der Waals surface area contributed by atoms with E-state index in [1.165, 1.54) is 6.20 Å². The van der Waals surface area contributed by atoms with E-state index in [2.05, 4.69) is 15.0 Å². The van der Waals surface area contributed by atoms with Gasteiger partial charge in [0, 0.05) is 30.6 Å². The smallest absolute Gasteiger partial charge is 0.451 e. The molecule has 0 aliphatic rings. The molecule has 0 saturated heterocycles. The summed E-state index contributed by atoms with van der Waals surface area (Å²) in [4.78, 5) is 22.6. The summed E-state index contributed by atoms with van der Waals surface area (Å²) >= 11 is 0. The van der Waals surface area contributed by atoms with E-state index >= 15 is 0 Å². The van der Waals surface area contributed by atoms with Crippen LogP contribution in [0.4, 0.5) is 13.2 Å². The van der Waals surface area contributed by atoms with Gasteiger partial charge in [-0.25, -0.2) is 9.97 Å². The van der Waals surface area contributed by atoms with E-state index in [4.69, 9.17) is 4.74 Å². The number of esters is 1. The maximum Gasteiger partial charge on any atom is 0.451 e. The van der Waals surface area contributed by atoms with Crippen LogP contribution in [-0.2, 0) is 28.7 Å². The Labute approximate surface area is 154 Å². The summed E-state index contributed by atoms with van der Waals surface area (Å²) in [5.41, 5.74) is 1.22. The van der Waals surface area contributed by atoms with E-state index in [-0.39, 0.29) is 19.0 Å². The van der Waals surface area contributed by atoms with Crippen molar-refractivity contribution in [1.82, 2.24) is 15.0 Å². The standard InChI is InChI=1S/C18H20F3N3O3/c1-17(2,3)27-15(26)5-4-11-6-14(22-9-13(11)10-25)12-7-23-16(24-8-12)18(19,20)21/h6-9,25H,4-5,10H2,1-3H3. The Morgan fingerprint density at radius 2 is 1.70 bits per heavy atom. The first-order chi connectivity index (χ1) is 12.5. The molecular weight excluding hydrogens is 363 g/mol. The Kier molecular flexibility index (Phi) is 6.15. The van der Waals surface area contributed by atoms with E-state index in [1.54, 1.807) is 26.8 Å². The highest BCUT2D eigenvalue weighted by molar-refractivity contribution is 5.70. The van der Waals surface area contributed by atoms with Crippen LogP contribution >= 0.6 is 0 Å². The van der Waals surface area contributed by atoms with Crippen molar-refractivity contribution in [3.8, 4) is 11.3 Å². The second kappa shape index (κ2) is 7.99. The molecule has 1 N–H and O–H groups in total. The van der Waals surface area contributed by atoms with Gasteiger partial charge in [0.1, 0.15) is 5.60 Å². The number of aliphatic hydroxyl groups excluding tert-OH is 1. The zero-order valence-corrected chi connectivity index (χ0v) is 15.2. The highest BCUT2D eigenvalue weighted by Gasteiger charge is 2.34. The Hall–Kier alpha value is -2.55. The van der Waals surface area contributed by atoms with Gasteiger partial charge in [0.15, 0.2) is 0 Å². The number of rotatable bonds is 5. The van der Waals surface area contributed by atoms with Gasteiger partial charge in [0.2, 0.25) is 5.82 Å². The summed E-state index contributed by atoms with van der Waals surface area (Å²) in [6.07, 6.45) is -0.745. The molecule has 2 rings (SSSR count). The largest absolute Gasteiger partial charge is 0.460 e. The first-order valence-corrected chi connectivity index (χ1v) is 8.19. The van der Waals surface area contributed by atoms with E-state index in [0.717, 1.165) is 12.4 Å². The molecule has 0 aromatic carbocycles. The number of hydrogen-bond acceptors (Lipinski definition) is 6. The summed E-state index contributed by atoms with van der Waals surface area (Å²) in [7, 11) is 0. The average Bonchev–Trinajstić information content (AvgIpc) is 2.57. The van der Waals surface area contributed by atoms with Gasteiger partial charge in [0.25, 0.3) is 0 Å². The molecule has 0 amide bonds. The van der Waals surface area contributed by atoms with Gasteiger partial charge in [-0.2, -0.15) is 13.2 Å². The highest BCUT2D eigenvalue weighted by Crippen LogP contribution is 2.27. The molecule has 0 bridgehead atoms. The molecule has 0 radical (unpaired) electrons. The summed E-state index contributed by atoms with van der Waals surface area (Å²) in [6, 6.07) is 1.60. The van der Waals surface area contributed by atoms with Gasteiger partial charge >= 0.3 is 12.1 Å². The lowest BCUT2D eigenvalue weighted by atomic mass is 10.0. The SMILES string of the molecule is CC(C)(C)OC(=O)CCc1cc(-c2cnc(C(F)(F)F)nc2)ncc1CO. The number of ether oxygens (including phenoxy) is 1. The molecule has 0 fully saturated rings. The lowest BCUT2D eigenvalue weighted by molar-refractivity contribution is -0.154. The maximum absolute atomic E-state index is 12.6. The van der Waals surface area contributed by atoms with Gasteiger partial charge < -0.3 is 9.84 Å². The molecule has 9 heteroatoms. The Balaban J connectivity index is 2.20. The monoisotopic (exact) mass is 383 g/mol. The van der Waals surface area contributed by atoms with Crippen LogP contribution in [0.1, 0.15) is 44.1 Å². The molecule has 6 nitrogen and oxygen atoms in total. The molecule has 2 aromatic heterocycles. The first-order valence-electron chi connectivity index (χ1n) is 8.19. The third kappa shape index (κ3) is 5.99. The summed E-state index contributed by atoms with van der Waals surface area (Å²) in [5, 5.41) is 9.45.